The van der Waals surface area contributed by atoms with Gasteiger partial charge in [-0.2, -0.15) is 0 Å². The van der Waals surface area contributed by atoms with Crippen molar-refractivity contribution in [2.75, 3.05) is 19.8 Å². The second kappa shape index (κ2) is 5.76. The molecule has 1 saturated carbocycles. The highest BCUT2D eigenvalue weighted by molar-refractivity contribution is 7.10. The van der Waals surface area contributed by atoms with Gasteiger partial charge in [-0.25, -0.2) is 0 Å². The molecule has 0 unspecified atom stereocenters. The molecule has 0 bridgehead atoms. The molecular formula is C16H25NO2S. The Morgan fingerprint density at radius 2 is 2.00 bits per heavy atom. The predicted octanol–water partition coefficient (Wildman–Crippen LogP) is 3.30. The molecule has 0 atom stereocenters. The van der Waals surface area contributed by atoms with Crippen molar-refractivity contribution >= 4 is 11.3 Å². The number of nitrogens with one attached hydrogen (secondary N) is 1. The van der Waals surface area contributed by atoms with Crippen molar-refractivity contribution in [3.63, 3.8) is 0 Å². The molecule has 1 spiro atoms. The highest BCUT2D eigenvalue weighted by Crippen LogP contribution is 2.36. The quantitative estimate of drug-likeness (QED) is 0.924. The minimum Gasteiger partial charge on any atom is -0.348 e. The third-order valence-corrected chi connectivity index (χ3v) is 5.82. The van der Waals surface area contributed by atoms with E-state index in [9.17, 15) is 0 Å². The molecule has 0 amide bonds. The van der Waals surface area contributed by atoms with Gasteiger partial charge >= 0.3 is 0 Å². The summed E-state index contributed by atoms with van der Waals surface area (Å²) in [6, 6.07) is 4.98. The van der Waals surface area contributed by atoms with E-state index in [2.05, 4.69) is 36.7 Å². The molecule has 20 heavy (non-hydrogen) atoms. The molecule has 2 fully saturated rings. The lowest BCUT2D eigenvalue weighted by Gasteiger charge is -2.37. The van der Waals surface area contributed by atoms with Crippen LogP contribution in [0.1, 0.15) is 44.4 Å². The van der Waals surface area contributed by atoms with Gasteiger partial charge in [0.2, 0.25) is 0 Å². The second-order valence-electron chi connectivity index (χ2n) is 6.62. The number of rotatable bonds is 4. The van der Waals surface area contributed by atoms with E-state index in [1.165, 1.54) is 4.88 Å². The van der Waals surface area contributed by atoms with Gasteiger partial charge in [-0.15, -0.1) is 11.3 Å². The fourth-order valence-electron chi connectivity index (χ4n) is 3.20. The van der Waals surface area contributed by atoms with E-state index < -0.39 is 0 Å². The molecular weight excluding hydrogens is 270 g/mol. The van der Waals surface area contributed by atoms with Crippen LogP contribution < -0.4 is 5.32 Å². The maximum absolute atomic E-state index is 5.79. The maximum Gasteiger partial charge on any atom is 0.168 e. The summed E-state index contributed by atoms with van der Waals surface area (Å²) in [5.41, 5.74) is 0.212. The van der Waals surface area contributed by atoms with Crippen LogP contribution >= 0.6 is 11.3 Å². The van der Waals surface area contributed by atoms with Crippen LogP contribution in [0.5, 0.6) is 0 Å². The normalized spacial score (nSPS) is 23.5. The van der Waals surface area contributed by atoms with E-state index in [1.54, 1.807) is 0 Å². The zero-order valence-electron chi connectivity index (χ0n) is 12.5. The van der Waals surface area contributed by atoms with Crippen molar-refractivity contribution in [2.24, 2.45) is 0 Å². The van der Waals surface area contributed by atoms with Crippen LogP contribution in [0.2, 0.25) is 0 Å². The topological polar surface area (TPSA) is 30.5 Å². The Bertz CT molecular complexity index is 414. The second-order valence-corrected chi connectivity index (χ2v) is 7.57. The Morgan fingerprint density at radius 3 is 2.60 bits per heavy atom. The smallest absolute Gasteiger partial charge is 0.168 e. The molecule has 1 aliphatic heterocycles. The maximum atomic E-state index is 5.79. The first kappa shape index (κ1) is 14.5. The molecule has 1 N–H and O–H groups in total. The summed E-state index contributed by atoms with van der Waals surface area (Å²) in [4.78, 5) is 1.46. The lowest BCUT2D eigenvalue weighted by molar-refractivity contribution is -0.179. The number of hydrogen-bond donors (Lipinski definition) is 1. The van der Waals surface area contributed by atoms with Gasteiger partial charge < -0.3 is 14.8 Å². The average molecular weight is 295 g/mol. The monoisotopic (exact) mass is 295 g/mol. The lowest BCUT2D eigenvalue weighted by atomic mass is 9.87. The molecule has 0 aromatic carbocycles. The summed E-state index contributed by atoms with van der Waals surface area (Å²) in [5, 5.41) is 5.91. The molecule has 1 aromatic rings. The fraction of sp³-hybridized carbons (Fsp3) is 0.750. The van der Waals surface area contributed by atoms with E-state index in [4.69, 9.17) is 9.47 Å². The first-order valence-electron chi connectivity index (χ1n) is 7.65. The standard InChI is InChI=1S/C16H25NO2S/c1-15(2,14-4-3-11-20-14)12-17-13-5-7-16(8-6-13)18-9-10-19-16/h3-4,11,13,17H,5-10,12H2,1-2H3. The van der Waals surface area contributed by atoms with Crippen molar-refractivity contribution in [3.05, 3.63) is 22.4 Å². The molecule has 2 heterocycles. The van der Waals surface area contributed by atoms with Crippen LogP contribution in [0.4, 0.5) is 0 Å². The SMILES string of the molecule is CC(C)(CNC1CCC2(CC1)OCCO2)c1cccs1. The van der Waals surface area contributed by atoms with Crippen LogP contribution in [0.25, 0.3) is 0 Å². The number of ether oxygens (including phenoxy) is 2. The summed E-state index contributed by atoms with van der Waals surface area (Å²) in [6.45, 7) is 7.21. The van der Waals surface area contributed by atoms with Crippen molar-refractivity contribution in [3.8, 4) is 0 Å². The summed E-state index contributed by atoms with van der Waals surface area (Å²) >= 11 is 1.85. The van der Waals surface area contributed by atoms with Gasteiger partial charge in [-0.1, -0.05) is 19.9 Å². The third-order valence-electron chi connectivity index (χ3n) is 4.58. The van der Waals surface area contributed by atoms with Gasteiger partial charge in [-0.3, -0.25) is 0 Å². The Balaban J connectivity index is 1.48. The van der Waals surface area contributed by atoms with Gasteiger partial charge in [0.05, 0.1) is 13.2 Å². The summed E-state index contributed by atoms with van der Waals surface area (Å²) in [6.07, 6.45) is 4.37. The zero-order chi connectivity index (χ0) is 14.1. The van der Waals surface area contributed by atoms with E-state index in [-0.39, 0.29) is 11.2 Å². The molecule has 3 nitrogen and oxygen atoms in total. The highest BCUT2D eigenvalue weighted by atomic mass is 32.1. The van der Waals surface area contributed by atoms with Crippen LogP contribution in [-0.4, -0.2) is 31.6 Å². The Kier molecular flexibility index (Phi) is 4.18. The predicted molar refractivity (Wildman–Crippen MR) is 82.2 cm³/mol. The zero-order valence-corrected chi connectivity index (χ0v) is 13.3. The fourth-order valence-corrected chi connectivity index (χ4v) is 4.05. The molecule has 3 rings (SSSR count). The molecule has 1 aromatic heterocycles. The minimum absolute atomic E-state index is 0.212. The number of thiophene rings is 1. The van der Waals surface area contributed by atoms with E-state index in [0.717, 1.165) is 45.4 Å². The molecule has 1 aliphatic carbocycles. The van der Waals surface area contributed by atoms with Crippen LogP contribution in [0.15, 0.2) is 17.5 Å². The largest absolute Gasteiger partial charge is 0.348 e. The van der Waals surface area contributed by atoms with Crippen LogP contribution in [-0.2, 0) is 14.9 Å². The van der Waals surface area contributed by atoms with Gasteiger partial charge in [0.25, 0.3) is 0 Å². The van der Waals surface area contributed by atoms with Gasteiger partial charge in [0.1, 0.15) is 0 Å². The lowest BCUT2D eigenvalue weighted by Crippen LogP contribution is -2.45. The van der Waals surface area contributed by atoms with Crippen molar-refractivity contribution in [1.29, 1.82) is 0 Å². The van der Waals surface area contributed by atoms with Gasteiger partial charge in [0, 0.05) is 35.7 Å². The third kappa shape index (κ3) is 3.08. The molecule has 112 valence electrons. The number of hydrogen-bond acceptors (Lipinski definition) is 4. The van der Waals surface area contributed by atoms with Gasteiger partial charge in [-0.05, 0) is 24.3 Å². The summed E-state index contributed by atoms with van der Waals surface area (Å²) in [7, 11) is 0. The Labute approximate surface area is 125 Å². The van der Waals surface area contributed by atoms with Crippen molar-refractivity contribution in [2.45, 2.75) is 56.8 Å². The Hall–Kier alpha value is -0.420. The summed E-state index contributed by atoms with van der Waals surface area (Å²) < 4.78 is 11.6. The first-order chi connectivity index (χ1) is 9.60. The minimum atomic E-state index is -0.235. The van der Waals surface area contributed by atoms with Crippen molar-refractivity contribution < 1.29 is 9.47 Å². The molecule has 2 aliphatic rings. The molecule has 0 radical (unpaired) electrons. The van der Waals surface area contributed by atoms with E-state index >= 15 is 0 Å². The van der Waals surface area contributed by atoms with Crippen LogP contribution in [0.3, 0.4) is 0 Å². The van der Waals surface area contributed by atoms with Crippen molar-refractivity contribution in [1.82, 2.24) is 5.32 Å². The average Bonchev–Trinajstić information content (AvgIpc) is 3.10. The Morgan fingerprint density at radius 1 is 1.30 bits per heavy atom. The van der Waals surface area contributed by atoms with Crippen LogP contribution in [0, 0.1) is 0 Å². The van der Waals surface area contributed by atoms with Gasteiger partial charge in [0.15, 0.2) is 5.79 Å². The first-order valence-corrected chi connectivity index (χ1v) is 8.53. The summed E-state index contributed by atoms with van der Waals surface area (Å²) in [5.74, 6) is -0.235. The van der Waals surface area contributed by atoms with E-state index in [0.29, 0.717) is 6.04 Å². The molecule has 1 saturated heterocycles. The van der Waals surface area contributed by atoms with E-state index in [1.807, 2.05) is 11.3 Å². The highest BCUT2D eigenvalue weighted by Gasteiger charge is 2.40. The molecule has 4 heteroatoms.